The second-order valence-electron chi connectivity index (χ2n) is 5.98. The molecule has 1 aliphatic rings. The Balaban J connectivity index is 1.65. The van der Waals surface area contributed by atoms with Gasteiger partial charge in [-0.25, -0.2) is 4.68 Å². The Morgan fingerprint density at radius 1 is 1.36 bits per heavy atom. The van der Waals surface area contributed by atoms with Crippen molar-refractivity contribution in [2.45, 2.75) is 25.9 Å². The van der Waals surface area contributed by atoms with Gasteiger partial charge in [-0.3, -0.25) is 9.59 Å². The van der Waals surface area contributed by atoms with Crippen LogP contribution < -0.4 is 16.2 Å². The summed E-state index contributed by atoms with van der Waals surface area (Å²) in [5.41, 5.74) is 3.46. The molecule has 1 aromatic heterocycles. The second kappa shape index (κ2) is 7.94. The lowest BCUT2D eigenvalue weighted by molar-refractivity contribution is 0.0942. The highest BCUT2D eigenvalue weighted by Gasteiger charge is 2.11. The number of hydrogen-bond acceptors (Lipinski definition) is 5. The number of hydrogen-bond donors (Lipinski definition) is 2. The van der Waals surface area contributed by atoms with E-state index in [9.17, 15) is 9.59 Å². The van der Waals surface area contributed by atoms with Crippen LogP contribution in [0.2, 0.25) is 0 Å². The molecule has 0 aliphatic carbocycles. The highest BCUT2D eigenvalue weighted by molar-refractivity contribution is 5.91. The highest BCUT2D eigenvalue weighted by Crippen LogP contribution is 2.22. The lowest BCUT2D eigenvalue weighted by Gasteiger charge is -2.18. The van der Waals surface area contributed by atoms with Gasteiger partial charge in [0.15, 0.2) is 0 Å². The van der Waals surface area contributed by atoms with E-state index < -0.39 is 0 Å². The number of amides is 1. The van der Waals surface area contributed by atoms with Gasteiger partial charge >= 0.3 is 0 Å². The lowest BCUT2D eigenvalue weighted by atomic mass is 10.0. The molecule has 2 heterocycles. The predicted molar refractivity (Wildman–Crippen MR) is 94.8 cm³/mol. The van der Waals surface area contributed by atoms with E-state index in [4.69, 9.17) is 4.74 Å². The van der Waals surface area contributed by atoms with Crippen LogP contribution in [0, 0.1) is 0 Å². The maximum absolute atomic E-state index is 12.3. The van der Waals surface area contributed by atoms with E-state index in [2.05, 4.69) is 27.9 Å². The Morgan fingerprint density at radius 2 is 2.24 bits per heavy atom. The molecule has 7 heteroatoms. The summed E-state index contributed by atoms with van der Waals surface area (Å²) in [6, 6.07) is 8.97. The van der Waals surface area contributed by atoms with Crippen LogP contribution in [-0.2, 0) is 24.2 Å². The SMILES string of the molecule is COCCn1nc(C(=O)NCc2ccc3c(c2)CCCN3)ccc1=O. The molecular formula is C18H22N4O3. The minimum Gasteiger partial charge on any atom is -0.385 e. The molecule has 0 spiro atoms. The first-order valence-corrected chi connectivity index (χ1v) is 8.38. The van der Waals surface area contributed by atoms with Gasteiger partial charge in [-0.1, -0.05) is 12.1 Å². The van der Waals surface area contributed by atoms with Crippen molar-refractivity contribution in [1.29, 1.82) is 0 Å². The van der Waals surface area contributed by atoms with Crippen LogP contribution in [0.3, 0.4) is 0 Å². The lowest BCUT2D eigenvalue weighted by Crippen LogP contribution is -2.30. The summed E-state index contributed by atoms with van der Waals surface area (Å²) in [6.07, 6.45) is 2.17. The quantitative estimate of drug-likeness (QED) is 0.823. The average Bonchev–Trinajstić information content (AvgIpc) is 2.65. The summed E-state index contributed by atoms with van der Waals surface area (Å²) >= 11 is 0. The number of nitrogens with zero attached hydrogens (tertiary/aromatic N) is 2. The van der Waals surface area contributed by atoms with Crippen molar-refractivity contribution in [3.63, 3.8) is 0 Å². The summed E-state index contributed by atoms with van der Waals surface area (Å²) in [4.78, 5) is 24.0. The molecule has 0 fully saturated rings. The predicted octanol–water partition coefficient (Wildman–Crippen LogP) is 1.18. The first kappa shape index (κ1) is 17.2. The van der Waals surface area contributed by atoms with E-state index in [1.54, 1.807) is 7.11 Å². The van der Waals surface area contributed by atoms with Crippen LogP contribution >= 0.6 is 0 Å². The summed E-state index contributed by atoms with van der Waals surface area (Å²) in [7, 11) is 1.55. The molecule has 3 rings (SSSR count). The molecule has 0 radical (unpaired) electrons. The number of carbonyl (C=O) groups excluding carboxylic acids is 1. The largest absolute Gasteiger partial charge is 0.385 e. The highest BCUT2D eigenvalue weighted by atomic mass is 16.5. The zero-order valence-electron chi connectivity index (χ0n) is 14.2. The standard InChI is InChI=1S/C18H22N4O3/c1-25-10-9-22-17(23)7-6-16(21-22)18(24)20-12-13-4-5-15-14(11-13)3-2-8-19-15/h4-7,11,19H,2-3,8-10,12H2,1H3,(H,20,24). The van der Waals surface area contributed by atoms with Crippen molar-refractivity contribution < 1.29 is 9.53 Å². The molecule has 0 saturated heterocycles. The summed E-state index contributed by atoms with van der Waals surface area (Å²) < 4.78 is 6.19. The molecule has 25 heavy (non-hydrogen) atoms. The van der Waals surface area contributed by atoms with Crippen LogP contribution in [0.4, 0.5) is 5.69 Å². The minimum atomic E-state index is -0.304. The zero-order chi connectivity index (χ0) is 17.6. The molecule has 0 saturated carbocycles. The number of carbonyl (C=O) groups is 1. The third kappa shape index (κ3) is 4.24. The number of benzene rings is 1. The van der Waals surface area contributed by atoms with Crippen molar-refractivity contribution in [2.75, 3.05) is 25.6 Å². The first-order chi connectivity index (χ1) is 12.2. The molecule has 1 amide bonds. The molecule has 7 nitrogen and oxygen atoms in total. The van der Waals surface area contributed by atoms with E-state index in [0.29, 0.717) is 19.7 Å². The van der Waals surface area contributed by atoms with E-state index in [1.807, 2.05) is 6.07 Å². The minimum absolute atomic E-state index is 0.218. The molecule has 1 aliphatic heterocycles. The van der Waals surface area contributed by atoms with Crippen molar-refractivity contribution in [3.05, 3.63) is 57.5 Å². The molecule has 0 atom stereocenters. The number of rotatable bonds is 6. The third-order valence-electron chi connectivity index (χ3n) is 4.17. The number of nitrogens with one attached hydrogen (secondary N) is 2. The van der Waals surface area contributed by atoms with Crippen LogP contribution in [0.15, 0.2) is 35.1 Å². The average molecular weight is 342 g/mol. The van der Waals surface area contributed by atoms with Crippen LogP contribution in [-0.4, -0.2) is 35.9 Å². The van der Waals surface area contributed by atoms with E-state index in [0.717, 1.165) is 24.9 Å². The van der Waals surface area contributed by atoms with Gasteiger partial charge in [0.2, 0.25) is 0 Å². The van der Waals surface area contributed by atoms with Gasteiger partial charge in [-0.15, -0.1) is 0 Å². The number of aryl methyl sites for hydroxylation is 1. The van der Waals surface area contributed by atoms with Crippen LogP contribution in [0.5, 0.6) is 0 Å². The maximum atomic E-state index is 12.3. The van der Waals surface area contributed by atoms with E-state index in [-0.39, 0.29) is 17.2 Å². The van der Waals surface area contributed by atoms with E-state index in [1.165, 1.54) is 28.1 Å². The smallest absolute Gasteiger partial charge is 0.271 e. The van der Waals surface area contributed by atoms with Gasteiger partial charge < -0.3 is 15.4 Å². The molecule has 2 N–H and O–H groups in total. The normalized spacial score (nSPS) is 13.0. The Labute approximate surface area is 146 Å². The molecule has 132 valence electrons. The molecule has 0 unspecified atom stereocenters. The summed E-state index contributed by atoms with van der Waals surface area (Å²) in [5.74, 6) is -0.304. The fourth-order valence-corrected chi connectivity index (χ4v) is 2.82. The van der Waals surface area contributed by atoms with Crippen molar-refractivity contribution in [3.8, 4) is 0 Å². The molecular weight excluding hydrogens is 320 g/mol. The van der Waals surface area contributed by atoms with Crippen molar-refractivity contribution in [2.24, 2.45) is 0 Å². The summed E-state index contributed by atoms with van der Waals surface area (Å²) in [5, 5.41) is 10.3. The van der Waals surface area contributed by atoms with Gasteiger partial charge in [-0.05, 0) is 36.1 Å². The zero-order valence-corrected chi connectivity index (χ0v) is 14.2. The molecule has 2 aromatic rings. The van der Waals surface area contributed by atoms with Crippen molar-refractivity contribution in [1.82, 2.24) is 15.1 Å². The Hall–Kier alpha value is -2.67. The van der Waals surface area contributed by atoms with Gasteiger partial charge in [-0.2, -0.15) is 5.10 Å². The Bertz CT molecular complexity index is 816. The fraction of sp³-hybridized carbons (Fsp3) is 0.389. The van der Waals surface area contributed by atoms with E-state index >= 15 is 0 Å². The fourth-order valence-electron chi connectivity index (χ4n) is 2.82. The second-order valence-corrected chi connectivity index (χ2v) is 5.98. The van der Waals surface area contributed by atoms with Gasteiger partial charge in [0.1, 0.15) is 5.69 Å². The molecule has 0 bridgehead atoms. The monoisotopic (exact) mass is 342 g/mol. The number of fused-ring (bicyclic) bond motifs is 1. The van der Waals surface area contributed by atoms with Crippen molar-refractivity contribution >= 4 is 11.6 Å². The first-order valence-electron chi connectivity index (χ1n) is 8.38. The number of ether oxygens (including phenoxy) is 1. The summed E-state index contributed by atoms with van der Waals surface area (Å²) in [6.45, 7) is 2.11. The topological polar surface area (TPSA) is 85.2 Å². The Kier molecular flexibility index (Phi) is 5.45. The van der Waals surface area contributed by atoms with Crippen LogP contribution in [0.1, 0.15) is 28.0 Å². The third-order valence-corrected chi connectivity index (χ3v) is 4.17. The number of anilines is 1. The maximum Gasteiger partial charge on any atom is 0.271 e. The Morgan fingerprint density at radius 3 is 3.08 bits per heavy atom. The number of aromatic nitrogens is 2. The van der Waals surface area contributed by atoms with Gasteiger partial charge in [0.05, 0.1) is 13.2 Å². The number of methoxy groups -OCH3 is 1. The van der Waals surface area contributed by atoms with Gasteiger partial charge in [0, 0.05) is 32.0 Å². The molecule has 1 aromatic carbocycles. The van der Waals surface area contributed by atoms with Gasteiger partial charge in [0.25, 0.3) is 11.5 Å². The van der Waals surface area contributed by atoms with Crippen LogP contribution in [0.25, 0.3) is 0 Å².